The van der Waals surface area contributed by atoms with Gasteiger partial charge in [-0.1, -0.05) is 12.2 Å². The van der Waals surface area contributed by atoms with Gasteiger partial charge in [-0.25, -0.2) is 0 Å². The average molecular weight is 261 g/mol. The van der Waals surface area contributed by atoms with Crippen LogP contribution in [0.15, 0.2) is 0 Å². The van der Waals surface area contributed by atoms with Crippen molar-refractivity contribution in [2.24, 2.45) is 5.73 Å². The second-order valence-corrected chi connectivity index (χ2v) is 4.91. The van der Waals surface area contributed by atoms with Crippen molar-refractivity contribution in [3.8, 4) is 0 Å². The van der Waals surface area contributed by atoms with Crippen molar-refractivity contribution >= 4 is 23.1 Å². The number of rotatable bonds is 8. The minimum atomic E-state index is -0.0421. The van der Waals surface area contributed by atoms with Gasteiger partial charge in [0.05, 0.1) is 18.1 Å². The van der Waals surface area contributed by atoms with Gasteiger partial charge in [0.15, 0.2) is 0 Å². The predicted molar refractivity (Wildman–Crippen MR) is 73.0 cm³/mol. The van der Waals surface area contributed by atoms with Crippen LogP contribution >= 0.6 is 12.2 Å². The molecule has 0 radical (unpaired) electrons. The van der Waals surface area contributed by atoms with E-state index in [1.807, 2.05) is 25.7 Å². The third-order valence-electron chi connectivity index (χ3n) is 2.26. The van der Waals surface area contributed by atoms with Gasteiger partial charge < -0.3 is 15.8 Å². The van der Waals surface area contributed by atoms with Crippen LogP contribution in [-0.2, 0) is 9.53 Å². The van der Waals surface area contributed by atoms with E-state index in [-0.39, 0.29) is 18.0 Å². The molecular weight excluding hydrogens is 238 g/mol. The smallest absolute Gasteiger partial charge is 0.234 e. The third kappa shape index (κ3) is 8.06. The summed E-state index contributed by atoms with van der Waals surface area (Å²) in [6.07, 6.45) is 0. The summed E-state index contributed by atoms with van der Waals surface area (Å²) in [7, 11) is 1.61. The number of methoxy groups -OCH3 is 1. The van der Waals surface area contributed by atoms with Gasteiger partial charge in [0, 0.05) is 25.7 Å². The highest BCUT2D eigenvalue weighted by Crippen LogP contribution is 1.97. The zero-order chi connectivity index (χ0) is 13.4. The highest BCUT2D eigenvalue weighted by atomic mass is 32.1. The summed E-state index contributed by atoms with van der Waals surface area (Å²) in [6.45, 7) is 7.16. The minimum absolute atomic E-state index is 0.00587. The van der Waals surface area contributed by atoms with E-state index in [1.165, 1.54) is 0 Å². The van der Waals surface area contributed by atoms with Gasteiger partial charge in [0.25, 0.3) is 0 Å². The second kappa shape index (κ2) is 8.38. The van der Waals surface area contributed by atoms with Gasteiger partial charge in [-0.3, -0.25) is 9.69 Å². The number of nitrogens with one attached hydrogen (secondary N) is 1. The molecule has 0 aromatic heterocycles. The van der Waals surface area contributed by atoms with Crippen molar-refractivity contribution in [1.29, 1.82) is 0 Å². The fraction of sp³-hybridized carbons (Fsp3) is 0.818. The Hall–Kier alpha value is -0.720. The summed E-state index contributed by atoms with van der Waals surface area (Å²) >= 11 is 4.86. The van der Waals surface area contributed by atoms with E-state index >= 15 is 0 Å². The van der Waals surface area contributed by atoms with Crippen molar-refractivity contribution in [1.82, 2.24) is 10.2 Å². The highest BCUT2D eigenvalue weighted by Gasteiger charge is 2.15. The van der Waals surface area contributed by atoms with E-state index in [4.69, 9.17) is 22.7 Å². The first-order chi connectivity index (χ1) is 7.86. The first-order valence-corrected chi connectivity index (χ1v) is 6.08. The molecule has 0 rings (SSSR count). The van der Waals surface area contributed by atoms with Gasteiger partial charge in [0.1, 0.15) is 0 Å². The lowest BCUT2D eigenvalue weighted by Gasteiger charge is -2.25. The van der Waals surface area contributed by atoms with Crippen LogP contribution in [-0.4, -0.2) is 54.7 Å². The minimum Gasteiger partial charge on any atom is -0.392 e. The van der Waals surface area contributed by atoms with Crippen LogP contribution in [0.5, 0.6) is 0 Å². The number of hydrogen-bond acceptors (Lipinski definition) is 4. The molecule has 0 fully saturated rings. The Morgan fingerprint density at radius 3 is 2.41 bits per heavy atom. The van der Waals surface area contributed by atoms with Gasteiger partial charge in [-0.15, -0.1) is 0 Å². The average Bonchev–Trinajstić information content (AvgIpc) is 2.15. The number of amides is 1. The third-order valence-corrected chi connectivity index (χ3v) is 2.39. The Morgan fingerprint density at radius 1 is 1.41 bits per heavy atom. The number of ether oxygens (including phenoxy) is 1. The summed E-state index contributed by atoms with van der Waals surface area (Å²) in [5.74, 6) is -0.0421. The molecule has 0 heterocycles. The number of hydrogen-bond donors (Lipinski definition) is 2. The highest BCUT2D eigenvalue weighted by molar-refractivity contribution is 7.80. The lowest BCUT2D eigenvalue weighted by Crippen LogP contribution is -2.46. The van der Waals surface area contributed by atoms with Gasteiger partial charge in [-0.05, 0) is 20.8 Å². The predicted octanol–water partition coefficient (Wildman–Crippen LogP) is 0.134. The fourth-order valence-electron chi connectivity index (χ4n) is 1.42. The zero-order valence-corrected chi connectivity index (χ0v) is 11.8. The molecular formula is C11H23N3O2S. The van der Waals surface area contributed by atoms with E-state index < -0.39 is 0 Å². The van der Waals surface area contributed by atoms with Crippen LogP contribution in [0.3, 0.4) is 0 Å². The second-order valence-electron chi connectivity index (χ2n) is 4.39. The van der Waals surface area contributed by atoms with Crippen molar-refractivity contribution in [2.75, 3.05) is 26.8 Å². The van der Waals surface area contributed by atoms with E-state index in [9.17, 15) is 4.79 Å². The van der Waals surface area contributed by atoms with E-state index in [0.29, 0.717) is 24.7 Å². The Labute approximate surface area is 109 Å². The summed E-state index contributed by atoms with van der Waals surface area (Å²) < 4.78 is 4.95. The van der Waals surface area contributed by atoms with Crippen LogP contribution in [0.25, 0.3) is 0 Å². The summed E-state index contributed by atoms with van der Waals surface area (Å²) in [5.41, 5.74) is 5.49. The monoisotopic (exact) mass is 261 g/mol. The number of nitrogens with two attached hydrogens (primary N) is 1. The molecule has 0 aliphatic heterocycles. The SMILES string of the molecule is COCC(C)NC(=O)CN(CC(N)=S)C(C)C. The van der Waals surface area contributed by atoms with Crippen LogP contribution in [0.4, 0.5) is 0 Å². The van der Waals surface area contributed by atoms with Crippen LogP contribution < -0.4 is 11.1 Å². The van der Waals surface area contributed by atoms with Crippen molar-refractivity contribution in [3.05, 3.63) is 0 Å². The molecule has 100 valence electrons. The van der Waals surface area contributed by atoms with Crippen LogP contribution in [0.2, 0.25) is 0 Å². The molecule has 0 aliphatic carbocycles. The van der Waals surface area contributed by atoms with Crippen molar-refractivity contribution < 1.29 is 9.53 Å². The van der Waals surface area contributed by atoms with E-state index in [0.717, 1.165) is 0 Å². The summed E-state index contributed by atoms with van der Waals surface area (Å²) in [5, 5.41) is 2.85. The van der Waals surface area contributed by atoms with Gasteiger partial charge >= 0.3 is 0 Å². The first-order valence-electron chi connectivity index (χ1n) is 5.67. The van der Waals surface area contributed by atoms with E-state index in [1.54, 1.807) is 7.11 Å². The molecule has 1 amide bonds. The van der Waals surface area contributed by atoms with Gasteiger partial charge in [-0.2, -0.15) is 0 Å². The quantitative estimate of drug-likeness (QED) is 0.608. The van der Waals surface area contributed by atoms with Crippen LogP contribution in [0.1, 0.15) is 20.8 Å². The number of nitrogens with zero attached hydrogens (tertiary/aromatic N) is 1. The van der Waals surface area contributed by atoms with Crippen molar-refractivity contribution in [3.63, 3.8) is 0 Å². The summed E-state index contributed by atoms with van der Waals surface area (Å²) in [4.78, 5) is 14.1. The maximum Gasteiger partial charge on any atom is 0.234 e. The Balaban J connectivity index is 4.16. The molecule has 5 nitrogen and oxygen atoms in total. The fourth-order valence-corrected chi connectivity index (χ4v) is 1.58. The molecule has 0 aromatic rings. The zero-order valence-electron chi connectivity index (χ0n) is 11.0. The lowest BCUT2D eigenvalue weighted by atomic mass is 10.3. The molecule has 0 spiro atoms. The molecule has 0 aliphatic rings. The number of carbonyl (C=O) groups excluding carboxylic acids is 1. The number of carbonyl (C=O) groups is 1. The molecule has 0 saturated heterocycles. The standard InChI is InChI=1S/C11H23N3O2S/c1-8(2)14(5-10(12)17)6-11(15)13-9(3)7-16-4/h8-9H,5-7H2,1-4H3,(H2,12,17)(H,13,15). The normalized spacial score (nSPS) is 12.8. The molecule has 3 N–H and O–H groups in total. The first kappa shape index (κ1) is 16.3. The Kier molecular flexibility index (Phi) is 8.03. The maximum absolute atomic E-state index is 11.7. The summed E-state index contributed by atoms with van der Waals surface area (Å²) in [6, 6.07) is 0.228. The molecule has 0 saturated carbocycles. The maximum atomic E-state index is 11.7. The Bertz CT molecular complexity index is 259. The molecule has 0 aromatic carbocycles. The van der Waals surface area contributed by atoms with E-state index in [2.05, 4.69) is 5.32 Å². The molecule has 1 atom stereocenters. The van der Waals surface area contributed by atoms with Gasteiger partial charge in [0.2, 0.25) is 5.91 Å². The topological polar surface area (TPSA) is 67.6 Å². The molecule has 0 bridgehead atoms. The number of thiocarbonyl (C=S) groups is 1. The largest absolute Gasteiger partial charge is 0.392 e. The lowest BCUT2D eigenvalue weighted by molar-refractivity contribution is -0.123. The molecule has 17 heavy (non-hydrogen) atoms. The molecule has 6 heteroatoms. The Morgan fingerprint density at radius 2 is 2.00 bits per heavy atom. The van der Waals surface area contributed by atoms with Crippen molar-refractivity contribution in [2.45, 2.75) is 32.9 Å². The van der Waals surface area contributed by atoms with Crippen LogP contribution in [0, 0.1) is 0 Å². The molecule has 1 unspecified atom stereocenters.